The third-order valence-electron chi connectivity index (χ3n) is 5.30. The predicted molar refractivity (Wildman–Crippen MR) is 142 cm³/mol. The molecule has 0 radical (unpaired) electrons. The highest BCUT2D eigenvalue weighted by Crippen LogP contribution is 2.49. The maximum atomic E-state index is 13.6. The van der Waals surface area contributed by atoms with E-state index in [0.29, 0.717) is 25.7 Å². The van der Waals surface area contributed by atoms with E-state index >= 15 is 0 Å². The highest BCUT2D eigenvalue weighted by Gasteiger charge is 2.36. The number of amides is 2. The Balaban J connectivity index is 1.44. The lowest BCUT2D eigenvalue weighted by atomic mass is 10.2. The molecule has 0 atom stereocenters. The van der Waals surface area contributed by atoms with Gasteiger partial charge >= 0.3 is 0 Å². The molecule has 0 aliphatic carbocycles. The third kappa shape index (κ3) is 4.34. The minimum atomic E-state index is -0.294. The van der Waals surface area contributed by atoms with E-state index in [2.05, 4.69) is 0 Å². The summed E-state index contributed by atoms with van der Waals surface area (Å²) < 4.78 is 5.60. The van der Waals surface area contributed by atoms with Crippen LogP contribution in [0.3, 0.4) is 0 Å². The fourth-order valence-electron chi connectivity index (χ4n) is 3.72. The maximum Gasteiger partial charge on any atom is 0.266 e. The van der Waals surface area contributed by atoms with E-state index in [9.17, 15) is 9.59 Å². The average molecular weight is 525 g/mol. The molecule has 2 aliphatic rings. The van der Waals surface area contributed by atoms with Gasteiger partial charge in [-0.05, 0) is 54.1 Å². The summed E-state index contributed by atoms with van der Waals surface area (Å²) in [4.78, 5) is 32.1. The fraction of sp³-hybridized carbons (Fsp3) is 0.0800. The summed E-state index contributed by atoms with van der Waals surface area (Å²) in [5.41, 5.74) is 2.26. The van der Waals surface area contributed by atoms with Gasteiger partial charge in [0.25, 0.3) is 11.8 Å². The van der Waals surface area contributed by atoms with Crippen LogP contribution in [0, 0.1) is 0 Å². The van der Waals surface area contributed by atoms with Gasteiger partial charge in [0.15, 0.2) is 0 Å². The molecular formula is C25H17ClN2O3S3. The van der Waals surface area contributed by atoms with Crippen LogP contribution in [-0.2, 0) is 9.59 Å². The normalized spacial score (nSPS) is 16.0. The van der Waals surface area contributed by atoms with Crippen LogP contribution in [0.2, 0.25) is 5.02 Å². The molecule has 2 amide bonds. The summed E-state index contributed by atoms with van der Waals surface area (Å²) in [6.45, 7) is -0.176. The predicted octanol–water partition coefficient (Wildman–Crippen LogP) is 6.38. The van der Waals surface area contributed by atoms with Crippen LogP contribution in [0.25, 0.3) is 6.08 Å². The number of hydrogen-bond donors (Lipinski definition) is 0. The van der Waals surface area contributed by atoms with Crippen molar-refractivity contribution in [1.29, 1.82) is 0 Å². The second-order valence-corrected chi connectivity index (χ2v) is 10.7. The summed E-state index contributed by atoms with van der Waals surface area (Å²) in [6, 6.07) is 20.5. The van der Waals surface area contributed by atoms with Gasteiger partial charge in [-0.1, -0.05) is 71.6 Å². The zero-order valence-electron chi connectivity index (χ0n) is 17.9. The second kappa shape index (κ2) is 9.46. The molecule has 9 heteroatoms. The highest BCUT2D eigenvalue weighted by atomic mass is 35.5. The molecule has 3 aromatic rings. The molecule has 0 spiro atoms. The van der Waals surface area contributed by atoms with E-state index in [0.717, 1.165) is 21.0 Å². The Morgan fingerprint density at radius 3 is 2.65 bits per heavy atom. The molecule has 2 aliphatic heterocycles. The van der Waals surface area contributed by atoms with Gasteiger partial charge in [-0.3, -0.25) is 19.4 Å². The Hall–Kier alpha value is -2.78. The van der Waals surface area contributed by atoms with Crippen molar-refractivity contribution in [2.45, 2.75) is 9.79 Å². The standard InChI is InChI=1S/C25H17ClN2O3S3/c1-31-17-6-4-5-15(11-17)12-22-24(30)27(25(32)34-22)14-23(29)28-18-7-2-3-8-20(18)33-21-10-9-16(26)13-19(21)28/h2-13H,14H2,1H3/b22-12-. The van der Waals surface area contributed by atoms with E-state index in [1.807, 2.05) is 54.6 Å². The molecule has 2 heterocycles. The summed E-state index contributed by atoms with van der Waals surface area (Å²) in [5, 5.41) is 0.531. The van der Waals surface area contributed by atoms with Crippen molar-refractivity contribution in [3.8, 4) is 5.75 Å². The molecule has 0 bridgehead atoms. The smallest absolute Gasteiger partial charge is 0.266 e. The first-order chi connectivity index (χ1) is 16.4. The van der Waals surface area contributed by atoms with Gasteiger partial charge in [0.1, 0.15) is 16.6 Å². The number of thioether (sulfide) groups is 1. The number of fused-ring (bicyclic) bond motifs is 2. The van der Waals surface area contributed by atoms with E-state index in [1.54, 1.807) is 42.0 Å². The molecule has 0 unspecified atom stereocenters. The monoisotopic (exact) mass is 524 g/mol. The molecule has 170 valence electrons. The van der Waals surface area contributed by atoms with Crippen molar-refractivity contribution in [1.82, 2.24) is 4.90 Å². The minimum absolute atomic E-state index is 0.176. The molecule has 0 saturated carbocycles. The molecular weight excluding hydrogens is 508 g/mol. The first-order valence-electron chi connectivity index (χ1n) is 10.2. The van der Waals surface area contributed by atoms with Crippen molar-refractivity contribution >= 4 is 80.9 Å². The van der Waals surface area contributed by atoms with Gasteiger partial charge in [-0.15, -0.1) is 0 Å². The molecule has 5 rings (SSSR count). The molecule has 1 fully saturated rings. The lowest BCUT2D eigenvalue weighted by Crippen LogP contribution is -2.41. The van der Waals surface area contributed by atoms with Crippen LogP contribution in [0.4, 0.5) is 11.4 Å². The Morgan fingerprint density at radius 2 is 1.82 bits per heavy atom. The van der Waals surface area contributed by atoms with Gasteiger partial charge in [0.2, 0.25) is 0 Å². The molecule has 1 saturated heterocycles. The van der Waals surface area contributed by atoms with Crippen molar-refractivity contribution in [2.24, 2.45) is 0 Å². The van der Waals surface area contributed by atoms with Crippen LogP contribution in [0.15, 0.2) is 81.4 Å². The number of benzene rings is 3. The lowest BCUT2D eigenvalue weighted by molar-refractivity contribution is -0.127. The third-order valence-corrected chi connectivity index (χ3v) is 8.04. The highest BCUT2D eigenvalue weighted by molar-refractivity contribution is 8.26. The fourth-order valence-corrected chi connectivity index (χ4v) is 6.18. The number of carbonyl (C=O) groups excluding carboxylic acids is 2. The van der Waals surface area contributed by atoms with Crippen molar-refractivity contribution < 1.29 is 14.3 Å². The number of anilines is 2. The van der Waals surface area contributed by atoms with E-state index in [4.69, 9.17) is 28.6 Å². The van der Waals surface area contributed by atoms with Gasteiger partial charge in [-0.2, -0.15) is 0 Å². The summed E-state index contributed by atoms with van der Waals surface area (Å²) in [6.07, 6.45) is 1.76. The van der Waals surface area contributed by atoms with E-state index in [-0.39, 0.29) is 18.4 Å². The van der Waals surface area contributed by atoms with Crippen molar-refractivity contribution in [3.05, 3.63) is 82.2 Å². The quantitative estimate of drug-likeness (QED) is 0.291. The molecule has 5 nitrogen and oxygen atoms in total. The Labute approximate surface area is 215 Å². The SMILES string of the molecule is COc1cccc(/C=C2\SC(=S)N(CC(=O)N3c4ccccc4Sc4ccc(Cl)cc43)C2=O)c1. The lowest BCUT2D eigenvalue weighted by Gasteiger charge is -2.32. The molecule has 3 aromatic carbocycles. The average Bonchev–Trinajstić information content (AvgIpc) is 3.09. The van der Waals surface area contributed by atoms with E-state index in [1.165, 1.54) is 16.7 Å². The van der Waals surface area contributed by atoms with Gasteiger partial charge in [0, 0.05) is 14.8 Å². The molecule has 34 heavy (non-hydrogen) atoms. The number of ether oxygens (including phenoxy) is 1. The number of nitrogens with zero attached hydrogens (tertiary/aromatic N) is 2. The van der Waals surface area contributed by atoms with Crippen LogP contribution < -0.4 is 9.64 Å². The van der Waals surface area contributed by atoms with Crippen LogP contribution in [-0.4, -0.2) is 34.7 Å². The van der Waals surface area contributed by atoms with Crippen LogP contribution in [0.5, 0.6) is 5.75 Å². The van der Waals surface area contributed by atoms with E-state index < -0.39 is 0 Å². The van der Waals surface area contributed by atoms with Crippen molar-refractivity contribution in [2.75, 3.05) is 18.6 Å². The minimum Gasteiger partial charge on any atom is -0.497 e. The molecule has 0 aromatic heterocycles. The zero-order chi connectivity index (χ0) is 23.8. The summed E-state index contributed by atoms with van der Waals surface area (Å²) >= 11 is 14.5. The number of para-hydroxylation sites is 1. The number of hydrogen-bond acceptors (Lipinski definition) is 6. The first-order valence-corrected chi connectivity index (χ1v) is 12.7. The number of thiocarbonyl (C=S) groups is 1. The van der Waals surface area contributed by atoms with Gasteiger partial charge in [0.05, 0.1) is 23.4 Å². The molecule has 0 N–H and O–H groups in total. The Morgan fingerprint density at radius 1 is 1.03 bits per heavy atom. The Kier molecular flexibility index (Phi) is 6.40. The van der Waals surface area contributed by atoms with Crippen LogP contribution >= 0.6 is 47.3 Å². The van der Waals surface area contributed by atoms with Gasteiger partial charge in [-0.25, -0.2) is 0 Å². The van der Waals surface area contributed by atoms with Gasteiger partial charge < -0.3 is 4.74 Å². The Bertz CT molecular complexity index is 1380. The zero-order valence-corrected chi connectivity index (χ0v) is 21.1. The maximum absolute atomic E-state index is 13.6. The first kappa shape index (κ1) is 23.0. The largest absolute Gasteiger partial charge is 0.497 e. The number of halogens is 1. The number of rotatable bonds is 4. The summed E-state index contributed by atoms with van der Waals surface area (Å²) in [5.74, 6) is 0.130. The topological polar surface area (TPSA) is 49.9 Å². The second-order valence-electron chi connectivity index (χ2n) is 7.46. The number of carbonyl (C=O) groups is 2. The van der Waals surface area contributed by atoms with Crippen molar-refractivity contribution in [3.63, 3.8) is 0 Å². The number of methoxy groups -OCH3 is 1. The van der Waals surface area contributed by atoms with Crippen LogP contribution in [0.1, 0.15) is 5.56 Å². The summed E-state index contributed by atoms with van der Waals surface area (Å²) in [7, 11) is 1.59.